The second kappa shape index (κ2) is 6.88. The Kier molecular flexibility index (Phi) is 6.23. The van der Waals surface area contributed by atoms with E-state index in [9.17, 15) is 14.4 Å². The van der Waals surface area contributed by atoms with Crippen molar-refractivity contribution >= 4 is 17.8 Å². The fourth-order valence-corrected chi connectivity index (χ4v) is 1.29. The molecule has 2 unspecified atom stereocenters. The van der Waals surface area contributed by atoms with Crippen molar-refractivity contribution in [2.45, 2.75) is 39.8 Å². The lowest BCUT2D eigenvalue weighted by Crippen LogP contribution is -2.52. The van der Waals surface area contributed by atoms with Crippen molar-refractivity contribution in [3.63, 3.8) is 0 Å². The second-order valence-corrected chi connectivity index (χ2v) is 4.18. The summed E-state index contributed by atoms with van der Waals surface area (Å²) in [5.41, 5.74) is 0. The van der Waals surface area contributed by atoms with E-state index in [2.05, 4.69) is 15.4 Å². The summed E-state index contributed by atoms with van der Waals surface area (Å²) in [5, 5.41) is 5.03. The van der Waals surface area contributed by atoms with Crippen LogP contribution in [0, 0.1) is 5.92 Å². The molecule has 17 heavy (non-hydrogen) atoms. The van der Waals surface area contributed by atoms with Crippen molar-refractivity contribution in [1.82, 2.24) is 10.6 Å². The average Bonchev–Trinajstić information content (AvgIpc) is 2.23. The smallest absolute Gasteiger partial charge is 0.328 e. The van der Waals surface area contributed by atoms with Gasteiger partial charge in [0.15, 0.2) is 0 Å². The molecule has 2 N–H and O–H groups in total. The molecule has 0 aromatic rings. The van der Waals surface area contributed by atoms with Crippen LogP contribution in [0.3, 0.4) is 0 Å². The third-order valence-corrected chi connectivity index (χ3v) is 2.22. The zero-order valence-corrected chi connectivity index (χ0v) is 10.9. The molecule has 0 bridgehead atoms. The third kappa shape index (κ3) is 5.33. The van der Waals surface area contributed by atoms with Crippen LogP contribution < -0.4 is 10.6 Å². The van der Waals surface area contributed by atoms with E-state index in [0.29, 0.717) is 0 Å². The summed E-state index contributed by atoms with van der Waals surface area (Å²) >= 11 is 0. The third-order valence-electron chi connectivity index (χ3n) is 2.22. The predicted octanol–water partition coefficient (Wildman–Crippen LogP) is -0.175. The largest absolute Gasteiger partial charge is 0.467 e. The second-order valence-electron chi connectivity index (χ2n) is 4.18. The van der Waals surface area contributed by atoms with E-state index in [0.717, 1.165) is 0 Å². The fraction of sp³-hybridized carbons (Fsp3) is 0.727. The minimum atomic E-state index is -0.734. The zero-order valence-electron chi connectivity index (χ0n) is 10.9. The van der Waals surface area contributed by atoms with Gasteiger partial charge in [0.25, 0.3) is 0 Å². The monoisotopic (exact) mass is 244 g/mol. The summed E-state index contributed by atoms with van der Waals surface area (Å²) in [6.07, 6.45) is 0. The van der Waals surface area contributed by atoms with Crippen LogP contribution >= 0.6 is 0 Å². The van der Waals surface area contributed by atoms with Crippen LogP contribution in [0.1, 0.15) is 27.7 Å². The molecule has 0 radical (unpaired) electrons. The first-order valence-corrected chi connectivity index (χ1v) is 5.44. The zero-order chi connectivity index (χ0) is 13.6. The Balaban J connectivity index is 4.53. The van der Waals surface area contributed by atoms with Crippen LogP contribution in [0.2, 0.25) is 0 Å². The van der Waals surface area contributed by atoms with Gasteiger partial charge in [-0.1, -0.05) is 13.8 Å². The summed E-state index contributed by atoms with van der Waals surface area (Å²) in [6.45, 7) is 6.48. The fourth-order valence-electron chi connectivity index (χ4n) is 1.29. The SMILES string of the molecule is COC(=O)C(C)NC(=O)C(NC(C)=O)C(C)C. The first-order chi connectivity index (χ1) is 7.79. The highest BCUT2D eigenvalue weighted by molar-refractivity contribution is 5.90. The molecule has 2 amide bonds. The molecule has 0 saturated carbocycles. The van der Waals surface area contributed by atoms with Gasteiger partial charge in [0.05, 0.1) is 7.11 Å². The van der Waals surface area contributed by atoms with Gasteiger partial charge in [0, 0.05) is 6.92 Å². The molecule has 0 heterocycles. The Morgan fingerprint density at radius 2 is 1.59 bits per heavy atom. The highest BCUT2D eigenvalue weighted by Crippen LogP contribution is 2.02. The minimum absolute atomic E-state index is 0.0660. The predicted molar refractivity (Wildman–Crippen MR) is 62.1 cm³/mol. The molecule has 0 aliphatic carbocycles. The van der Waals surface area contributed by atoms with Crippen LogP contribution in [0.25, 0.3) is 0 Å². The number of carbonyl (C=O) groups is 3. The normalized spacial score (nSPS) is 13.8. The summed E-state index contributed by atoms with van der Waals surface area (Å²) in [4.78, 5) is 33.9. The van der Waals surface area contributed by atoms with Crippen molar-refractivity contribution in [2.75, 3.05) is 7.11 Å². The van der Waals surface area contributed by atoms with E-state index >= 15 is 0 Å². The van der Waals surface area contributed by atoms with Crippen molar-refractivity contribution in [2.24, 2.45) is 5.92 Å². The van der Waals surface area contributed by atoms with E-state index in [-0.39, 0.29) is 11.8 Å². The van der Waals surface area contributed by atoms with Crippen molar-refractivity contribution in [1.29, 1.82) is 0 Å². The molecule has 0 fully saturated rings. The topological polar surface area (TPSA) is 84.5 Å². The van der Waals surface area contributed by atoms with Gasteiger partial charge >= 0.3 is 5.97 Å². The molecule has 0 aromatic heterocycles. The number of amides is 2. The molecule has 0 aromatic carbocycles. The van der Waals surface area contributed by atoms with Crippen LogP contribution in [0.15, 0.2) is 0 Å². The Morgan fingerprint density at radius 1 is 1.06 bits per heavy atom. The Hall–Kier alpha value is -1.59. The Labute approximate surface area is 101 Å². The number of ether oxygens (including phenoxy) is 1. The molecule has 0 rings (SSSR count). The van der Waals surface area contributed by atoms with Crippen LogP contribution in [-0.2, 0) is 19.1 Å². The minimum Gasteiger partial charge on any atom is -0.467 e. The van der Waals surface area contributed by atoms with E-state index < -0.39 is 24.0 Å². The van der Waals surface area contributed by atoms with Crippen molar-refractivity contribution in [3.05, 3.63) is 0 Å². The van der Waals surface area contributed by atoms with Gasteiger partial charge in [-0.25, -0.2) is 4.79 Å². The number of nitrogens with one attached hydrogen (secondary N) is 2. The Bertz CT molecular complexity index is 302. The van der Waals surface area contributed by atoms with Crippen LogP contribution in [0.4, 0.5) is 0 Å². The van der Waals surface area contributed by atoms with Gasteiger partial charge in [-0.2, -0.15) is 0 Å². The highest BCUT2D eigenvalue weighted by atomic mass is 16.5. The first kappa shape index (κ1) is 15.4. The van der Waals surface area contributed by atoms with Gasteiger partial charge in [-0.05, 0) is 12.8 Å². The lowest BCUT2D eigenvalue weighted by molar-refractivity contribution is -0.145. The maximum Gasteiger partial charge on any atom is 0.328 e. The molecule has 0 aliphatic heterocycles. The number of hydrogen-bond acceptors (Lipinski definition) is 4. The van der Waals surface area contributed by atoms with E-state index in [1.165, 1.54) is 21.0 Å². The summed E-state index contributed by atoms with van der Waals surface area (Å²) in [6, 6.07) is -1.39. The van der Waals surface area contributed by atoms with Crippen LogP contribution in [0.5, 0.6) is 0 Å². The van der Waals surface area contributed by atoms with Crippen molar-refractivity contribution in [3.8, 4) is 0 Å². The van der Waals surface area contributed by atoms with E-state index in [4.69, 9.17) is 0 Å². The number of carbonyl (C=O) groups excluding carboxylic acids is 3. The molecular weight excluding hydrogens is 224 g/mol. The van der Waals surface area contributed by atoms with Crippen LogP contribution in [-0.4, -0.2) is 37.0 Å². The van der Waals surface area contributed by atoms with E-state index in [1.54, 1.807) is 0 Å². The quantitative estimate of drug-likeness (QED) is 0.657. The lowest BCUT2D eigenvalue weighted by atomic mass is 10.0. The summed E-state index contributed by atoms with van der Waals surface area (Å²) in [5.74, 6) is -1.27. The number of methoxy groups -OCH3 is 1. The standard InChI is InChI=1S/C11H20N2O4/c1-6(2)9(13-8(4)14)10(15)12-7(3)11(16)17-5/h6-7,9H,1-5H3,(H,12,15)(H,13,14). The summed E-state index contributed by atoms with van der Waals surface area (Å²) < 4.78 is 4.49. The van der Waals surface area contributed by atoms with Gasteiger partial charge in [-0.15, -0.1) is 0 Å². The molecule has 0 saturated heterocycles. The van der Waals surface area contributed by atoms with E-state index in [1.807, 2.05) is 13.8 Å². The van der Waals surface area contributed by atoms with Gasteiger partial charge in [-0.3, -0.25) is 9.59 Å². The maximum absolute atomic E-state index is 11.8. The molecule has 0 spiro atoms. The van der Waals surface area contributed by atoms with Gasteiger partial charge in [0.1, 0.15) is 12.1 Å². The lowest BCUT2D eigenvalue weighted by Gasteiger charge is -2.22. The number of esters is 1. The molecule has 2 atom stereocenters. The first-order valence-electron chi connectivity index (χ1n) is 5.44. The maximum atomic E-state index is 11.8. The number of hydrogen-bond donors (Lipinski definition) is 2. The molecular formula is C11H20N2O4. The molecule has 98 valence electrons. The number of rotatable bonds is 5. The molecule has 6 heteroatoms. The highest BCUT2D eigenvalue weighted by Gasteiger charge is 2.26. The Morgan fingerprint density at radius 3 is 1.94 bits per heavy atom. The van der Waals surface area contributed by atoms with Gasteiger partial charge in [0.2, 0.25) is 11.8 Å². The van der Waals surface area contributed by atoms with Gasteiger partial charge < -0.3 is 15.4 Å². The average molecular weight is 244 g/mol. The van der Waals surface area contributed by atoms with Crippen molar-refractivity contribution < 1.29 is 19.1 Å². The molecule has 6 nitrogen and oxygen atoms in total. The summed E-state index contributed by atoms with van der Waals surface area (Å²) in [7, 11) is 1.25. The molecule has 0 aliphatic rings.